The molecular formula is C9H9N3O2. The van der Waals surface area contributed by atoms with Gasteiger partial charge < -0.3 is 9.30 Å². The molecule has 5 heteroatoms. The lowest BCUT2D eigenvalue weighted by Gasteiger charge is -1.98. The van der Waals surface area contributed by atoms with Gasteiger partial charge in [0.1, 0.15) is 0 Å². The Morgan fingerprint density at radius 1 is 1.50 bits per heavy atom. The first-order chi connectivity index (χ1) is 6.72. The van der Waals surface area contributed by atoms with Gasteiger partial charge >= 0.3 is 5.97 Å². The largest absolute Gasteiger partial charge is 0.464 e. The second-order valence-electron chi connectivity index (χ2n) is 2.91. The minimum Gasteiger partial charge on any atom is -0.464 e. The van der Waals surface area contributed by atoms with Gasteiger partial charge in [0.2, 0.25) is 0 Å². The number of nitrogens with zero attached hydrogens (tertiary/aromatic N) is 3. The molecular weight excluding hydrogens is 182 g/mol. The molecule has 0 amide bonds. The summed E-state index contributed by atoms with van der Waals surface area (Å²) in [6.07, 6.45) is 3.28. The molecule has 0 saturated carbocycles. The Labute approximate surface area is 80.3 Å². The Kier molecular flexibility index (Phi) is 1.92. The van der Waals surface area contributed by atoms with Crippen LogP contribution in [0.5, 0.6) is 0 Å². The number of hydrogen-bond donors (Lipinski definition) is 0. The van der Waals surface area contributed by atoms with Crippen LogP contribution in [-0.4, -0.2) is 27.6 Å². The van der Waals surface area contributed by atoms with Crippen molar-refractivity contribution in [2.45, 2.75) is 0 Å². The number of fused-ring (bicyclic) bond motifs is 1. The zero-order valence-corrected chi connectivity index (χ0v) is 7.89. The van der Waals surface area contributed by atoms with Crippen LogP contribution < -0.4 is 0 Å². The average Bonchev–Trinajstić information content (AvgIpc) is 2.59. The van der Waals surface area contributed by atoms with Gasteiger partial charge in [-0.2, -0.15) is 0 Å². The molecule has 5 nitrogen and oxygen atoms in total. The number of imidazole rings is 1. The summed E-state index contributed by atoms with van der Waals surface area (Å²) >= 11 is 0. The number of hydrogen-bond acceptors (Lipinski definition) is 4. The highest BCUT2D eigenvalue weighted by molar-refractivity contribution is 5.90. The molecule has 0 N–H and O–H groups in total. The van der Waals surface area contributed by atoms with Crippen molar-refractivity contribution >= 4 is 17.0 Å². The van der Waals surface area contributed by atoms with Crippen molar-refractivity contribution in [1.29, 1.82) is 0 Å². The number of methoxy groups -OCH3 is 1. The zero-order valence-electron chi connectivity index (χ0n) is 7.89. The molecule has 0 unspecified atom stereocenters. The van der Waals surface area contributed by atoms with Crippen LogP contribution in [0, 0.1) is 0 Å². The van der Waals surface area contributed by atoms with Crippen molar-refractivity contribution in [3.05, 3.63) is 24.3 Å². The van der Waals surface area contributed by atoms with Crippen molar-refractivity contribution in [1.82, 2.24) is 14.5 Å². The van der Waals surface area contributed by atoms with Crippen LogP contribution in [0.25, 0.3) is 11.0 Å². The van der Waals surface area contributed by atoms with Gasteiger partial charge in [-0.05, 0) is 6.07 Å². The molecule has 0 fully saturated rings. The average molecular weight is 191 g/mol. The summed E-state index contributed by atoms with van der Waals surface area (Å²) in [5.74, 6) is -0.447. The molecule has 0 atom stereocenters. The topological polar surface area (TPSA) is 57.0 Å². The molecule has 0 saturated heterocycles. The van der Waals surface area contributed by atoms with Crippen LogP contribution in [0.3, 0.4) is 0 Å². The van der Waals surface area contributed by atoms with Crippen LogP contribution in [-0.2, 0) is 11.8 Å². The lowest BCUT2D eigenvalue weighted by atomic mass is 10.3. The molecule has 2 aromatic heterocycles. The number of rotatable bonds is 1. The summed E-state index contributed by atoms with van der Waals surface area (Å²) < 4.78 is 6.39. The number of aromatic nitrogens is 3. The van der Waals surface area contributed by atoms with Crippen molar-refractivity contribution < 1.29 is 9.53 Å². The molecule has 0 aliphatic rings. The van der Waals surface area contributed by atoms with Crippen LogP contribution in [0.4, 0.5) is 0 Å². The zero-order chi connectivity index (χ0) is 10.1. The quantitative estimate of drug-likeness (QED) is 0.624. The highest BCUT2D eigenvalue weighted by atomic mass is 16.5. The van der Waals surface area contributed by atoms with Gasteiger partial charge in [0.15, 0.2) is 5.69 Å². The molecule has 0 aliphatic heterocycles. The first-order valence-corrected chi connectivity index (χ1v) is 4.08. The summed E-state index contributed by atoms with van der Waals surface area (Å²) in [5, 5.41) is 0. The Hall–Kier alpha value is -1.91. The predicted molar refractivity (Wildman–Crippen MR) is 49.8 cm³/mol. The van der Waals surface area contributed by atoms with E-state index < -0.39 is 5.97 Å². The molecule has 0 bridgehead atoms. The van der Waals surface area contributed by atoms with Crippen molar-refractivity contribution in [3.8, 4) is 0 Å². The van der Waals surface area contributed by atoms with E-state index in [4.69, 9.17) is 0 Å². The number of aryl methyl sites for hydroxylation is 1. The van der Waals surface area contributed by atoms with Gasteiger partial charge in [0.25, 0.3) is 0 Å². The minimum absolute atomic E-state index is 0.277. The molecule has 0 aromatic carbocycles. The van der Waals surface area contributed by atoms with Crippen LogP contribution in [0.1, 0.15) is 10.5 Å². The predicted octanol–water partition coefficient (Wildman–Crippen LogP) is 0.755. The summed E-state index contributed by atoms with van der Waals surface area (Å²) in [4.78, 5) is 19.2. The van der Waals surface area contributed by atoms with E-state index in [9.17, 15) is 4.79 Å². The lowest BCUT2D eigenvalue weighted by molar-refractivity contribution is 0.0594. The monoisotopic (exact) mass is 191 g/mol. The summed E-state index contributed by atoms with van der Waals surface area (Å²) in [7, 11) is 3.20. The maximum absolute atomic E-state index is 11.1. The molecule has 14 heavy (non-hydrogen) atoms. The van der Waals surface area contributed by atoms with E-state index in [-0.39, 0.29) is 5.69 Å². The second-order valence-corrected chi connectivity index (χ2v) is 2.91. The van der Waals surface area contributed by atoms with Gasteiger partial charge in [-0.1, -0.05) is 0 Å². The van der Waals surface area contributed by atoms with E-state index >= 15 is 0 Å². The van der Waals surface area contributed by atoms with Crippen LogP contribution in [0.15, 0.2) is 18.6 Å². The molecule has 0 radical (unpaired) electrons. The van der Waals surface area contributed by atoms with Crippen LogP contribution in [0.2, 0.25) is 0 Å². The fraction of sp³-hybridized carbons (Fsp3) is 0.222. The minimum atomic E-state index is -0.447. The number of pyridine rings is 1. The first kappa shape index (κ1) is 8.68. The van der Waals surface area contributed by atoms with Gasteiger partial charge in [-0.15, -0.1) is 0 Å². The third kappa shape index (κ3) is 1.22. The third-order valence-electron chi connectivity index (χ3n) is 2.01. The van der Waals surface area contributed by atoms with Gasteiger partial charge in [-0.3, -0.25) is 0 Å². The summed E-state index contributed by atoms with van der Waals surface area (Å²) in [5.41, 5.74) is 1.90. The number of esters is 1. The fourth-order valence-electron chi connectivity index (χ4n) is 1.24. The Balaban J connectivity index is 2.57. The molecule has 2 heterocycles. The van der Waals surface area contributed by atoms with E-state index in [1.165, 1.54) is 7.11 Å². The van der Waals surface area contributed by atoms with E-state index in [2.05, 4.69) is 14.7 Å². The van der Waals surface area contributed by atoms with Crippen LogP contribution >= 0.6 is 0 Å². The molecule has 0 spiro atoms. The molecule has 2 aromatic rings. The standard InChI is InChI=1S/C9H9N3O2/c1-12-5-11-6-3-7(9(13)14-2)10-4-8(6)12/h3-5H,1-2H3. The smallest absolute Gasteiger partial charge is 0.356 e. The Morgan fingerprint density at radius 3 is 3.00 bits per heavy atom. The Morgan fingerprint density at radius 2 is 2.29 bits per heavy atom. The fourth-order valence-corrected chi connectivity index (χ4v) is 1.24. The maximum atomic E-state index is 11.1. The van der Waals surface area contributed by atoms with E-state index in [1.54, 1.807) is 18.6 Å². The third-order valence-corrected chi connectivity index (χ3v) is 2.01. The molecule has 72 valence electrons. The second kappa shape index (κ2) is 3.10. The number of carbonyl (C=O) groups is 1. The molecule has 0 aliphatic carbocycles. The van der Waals surface area contributed by atoms with Gasteiger partial charge in [-0.25, -0.2) is 14.8 Å². The molecule has 2 rings (SSSR count). The highest BCUT2D eigenvalue weighted by Crippen LogP contribution is 2.11. The number of ether oxygens (including phenoxy) is 1. The summed E-state index contributed by atoms with van der Waals surface area (Å²) in [6, 6.07) is 1.61. The maximum Gasteiger partial charge on any atom is 0.356 e. The van der Waals surface area contributed by atoms with Gasteiger partial charge in [0, 0.05) is 7.05 Å². The normalized spacial score (nSPS) is 10.4. The highest BCUT2D eigenvalue weighted by Gasteiger charge is 2.09. The Bertz CT molecular complexity index is 490. The SMILES string of the molecule is COC(=O)c1cc2ncn(C)c2cn1. The van der Waals surface area contributed by atoms with Crippen molar-refractivity contribution in [2.24, 2.45) is 7.05 Å². The van der Waals surface area contributed by atoms with E-state index in [0.717, 1.165) is 11.0 Å². The van der Waals surface area contributed by atoms with E-state index in [1.807, 2.05) is 11.6 Å². The van der Waals surface area contributed by atoms with Crippen molar-refractivity contribution in [3.63, 3.8) is 0 Å². The summed E-state index contributed by atoms with van der Waals surface area (Å²) in [6.45, 7) is 0. The van der Waals surface area contributed by atoms with Gasteiger partial charge in [0.05, 0.1) is 30.7 Å². The first-order valence-electron chi connectivity index (χ1n) is 4.08. The van der Waals surface area contributed by atoms with Crippen molar-refractivity contribution in [2.75, 3.05) is 7.11 Å². The lowest BCUT2D eigenvalue weighted by Crippen LogP contribution is -2.03. The number of carbonyl (C=O) groups excluding carboxylic acids is 1. The van der Waals surface area contributed by atoms with E-state index in [0.29, 0.717) is 0 Å².